The van der Waals surface area contributed by atoms with Crippen molar-refractivity contribution in [2.75, 3.05) is 26.2 Å². The van der Waals surface area contributed by atoms with Gasteiger partial charge in [-0.3, -0.25) is 0 Å². The van der Waals surface area contributed by atoms with E-state index in [0.717, 1.165) is 18.4 Å². The van der Waals surface area contributed by atoms with Crippen LogP contribution in [-0.2, 0) is 0 Å². The van der Waals surface area contributed by atoms with Crippen molar-refractivity contribution in [3.05, 3.63) is 0 Å². The molecule has 0 atom stereocenters. The molecule has 0 fully saturated rings. The first kappa shape index (κ1) is 17.9. The van der Waals surface area contributed by atoms with Gasteiger partial charge in [0.2, 0.25) is 0 Å². The van der Waals surface area contributed by atoms with Gasteiger partial charge in [0.25, 0.3) is 0 Å². The van der Waals surface area contributed by atoms with E-state index in [1.165, 1.54) is 32.5 Å². The van der Waals surface area contributed by atoms with E-state index < -0.39 is 0 Å². The number of nitrogens with one attached hydrogen (secondary N) is 1. The van der Waals surface area contributed by atoms with Crippen molar-refractivity contribution in [3.8, 4) is 0 Å². The van der Waals surface area contributed by atoms with Gasteiger partial charge in [0.05, 0.1) is 0 Å². The zero-order valence-electron chi connectivity index (χ0n) is 13.8. The predicted octanol–water partition coefficient (Wildman–Crippen LogP) is 3.77. The van der Waals surface area contributed by atoms with Gasteiger partial charge in [0.1, 0.15) is 0 Å². The summed E-state index contributed by atoms with van der Waals surface area (Å²) in [6, 6.07) is 0. The molecule has 0 amide bonds. The Morgan fingerprint density at radius 2 is 1.61 bits per heavy atom. The van der Waals surface area contributed by atoms with E-state index in [1.807, 2.05) is 0 Å². The second-order valence-electron chi connectivity index (χ2n) is 7.04. The van der Waals surface area contributed by atoms with Gasteiger partial charge in [-0.05, 0) is 45.1 Å². The van der Waals surface area contributed by atoms with Crippen molar-refractivity contribution in [1.82, 2.24) is 10.2 Å². The van der Waals surface area contributed by atoms with Crippen LogP contribution in [0.3, 0.4) is 0 Å². The van der Waals surface area contributed by atoms with Gasteiger partial charge in [-0.1, -0.05) is 34.6 Å². The lowest BCUT2D eigenvalue weighted by Crippen LogP contribution is -2.44. The van der Waals surface area contributed by atoms with Gasteiger partial charge in [0, 0.05) is 25.2 Å². The van der Waals surface area contributed by atoms with Crippen LogP contribution in [0.2, 0.25) is 0 Å². The second kappa shape index (κ2) is 8.92. The number of nitrogens with zero attached hydrogens (tertiary/aromatic N) is 1. The molecule has 0 heterocycles. The summed E-state index contributed by atoms with van der Waals surface area (Å²) in [5, 5.41) is 3.66. The Balaban J connectivity index is 4.00. The van der Waals surface area contributed by atoms with Crippen molar-refractivity contribution in [1.29, 1.82) is 0 Å². The van der Waals surface area contributed by atoms with E-state index in [0.29, 0.717) is 0 Å². The molecule has 110 valence electrons. The highest BCUT2D eigenvalue weighted by atomic mass is 15.1. The fraction of sp³-hybridized carbons (Fsp3) is 1.00. The molecule has 0 aliphatic heterocycles. The van der Waals surface area contributed by atoms with Gasteiger partial charge >= 0.3 is 0 Å². The van der Waals surface area contributed by atoms with Crippen molar-refractivity contribution < 1.29 is 0 Å². The van der Waals surface area contributed by atoms with Crippen LogP contribution in [0.15, 0.2) is 0 Å². The molecule has 2 heteroatoms. The van der Waals surface area contributed by atoms with Crippen molar-refractivity contribution in [3.63, 3.8) is 0 Å². The van der Waals surface area contributed by atoms with Crippen LogP contribution >= 0.6 is 0 Å². The fourth-order valence-corrected chi connectivity index (χ4v) is 1.93. The van der Waals surface area contributed by atoms with Crippen LogP contribution in [0, 0.1) is 11.8 Å². The Labute approximate surface area is 116 Å². The maximum absolute atomic E-state index is 3.66. The van der Waals surface area contributed by atoms with E-state index in [2.05, 4.69) is 58.7 Å². The Hall–Kier alpha value is -0.0800. The number of rotatable bonds is 10. The summed E-state index contributed by atoms with van der Waals surface area (Å²) in [6.07, 6.45) is 2.49. The summed E-state index contributed by atoms with van der Waals surface area (Å²) < 4.78 is 0. The topological polar surface area (TPSA) is 15.3 Å². The molecule has 0 aromatic rings. The molecule has 0 aromatic carbocycles. The predicted molar refractivity (Wildman–Crippen MR) is 83.1 cm³/mol. The molecule has 0 radical (unpaired) electrons. The normalized spacial score (nSPS) is 13.0. The molecule has 18 heavy (non-hydrogen) atoms. The largest absolute Gasteiger partial charge is 0.311 e. The summed E-state index contributed by atoms with van der Waals surface area (Å²) in [7, 11) is 0. The SMILES string of the molecule is CCC(C)(C)NCCN(CCC(C)C)CC(C)C. The van der Waals surface area contributed by atoms with Gasteiger partial charge in [-0.25, -0.2) is 0 Å². The Kier molecular flexibility index (Phi) is 8.89. The van der Waals surface area contributed by atoms with Crippen LogP contribution in [-0.4, -0.2) is 36.6 Å². The molecular formula is C16H36N2. The molecule has 0 aromatic heterocycles. The van der Waals surface area contributed by atoms with E-state index in [1.54, 1.807) is 0 Å². The quantitative estimate of drug-likeness (QED) is 0.640. The standard InChI is InChI=1S/C16H36N2/c1-8-16(6,7)17-10-12-18(13-15(4)5)11-9-14(2)3/h14-15,17H,8-13H2,1-7H3. The first-order chi connectivity index (χ1) is 8.26. The highest BCUT2D eigenvalue weighted by molar-refractivity contribution is 4.76. The average molecular weight is 256 g/mol. The minimum absolute atomic E-state index is 0.279. The van der Waals surface area contributed by atoms with Gasteiger partial charge in [-0.2, -0.15) is 0 Å². The summed E-state index contributed by atoms with van der Waals surface area (Å²) >= 11 is 0. The second-order valence-corrected chi connectivity index (χ2v) is 7.04. The van der Waals surface area contributed by atoms with Crippen LogP contribution < -0.4 is 5.32 Å². The molecule has 0 aliphatic carbocycles. The molecule has 0 spiro atoms. The average Bonchev–Trinajstić information content (AvgIpc) is 2.24. The van der Waals surface area contributed by atoms with Gasteiger partial charge in [0.15, 0.2) is 0 Å². The summed E-state index contributed by atoms with van der Waals surface area (Å²) in [4.78, 5) is 2.61. The molecule has 0 bridgehead atoms. The molecule has 0 rings (SSSR count). The maximum atomic E-state index is 3.66. The Morgan fingerprint density at radius 1 is 1.00 bits per heavy atom. The maximum Gasteiger partial charge on any atom is 0.0123 e. The van der Waals surface area contributed by atoms with Crippen molar-refractivity contribution in [2.24, 2.45) is 11.8 Å². The lowest BCUT2D eigenvalue weighted by atomic mass is 10.0. The monoisotopic (exact) mass is 256 g/mol. The fourth-order valence-electron chi connectivity index (χ4n) is 1.93. The van der Waals surface area contributed by atoms with Gasteiger partial charge in [-0.15, -0.1) is 0 Å². The van der Waals surface area contributed by atoms with Crippen molar-refractivity contribution >= 4 is 0 Å². The number of hydrogen-bond donors (Lipinski definition) is 1. The van der Waals surface area contributed by atoms with Crippen LogP contribution in [0.5, 0.6) is 0 Å². The van der Waals surface area contributed by atoms with Gasteiger partial charge < -0.3 is 10.2 Å². The minimum Gasteiger partial charge on any atom is -0.311 e. The zero-order chi connectivity index (χ0) is 14.2. The highest BCUT2D eigenvalue weighted by Gasteiger charge is 2.14. The molecule has 1 N–H and O–H groups in total. The van der Waals surface area contributed by atoms with Crippen molar-refractivity contribution in [2.45, 2.75) is 66.8 Å². The first-order valence-electron chi connectivity index (χ1n) is 7.74. The van der Waals surface area contributed by atoms with Crippen LogP contribution in [0.25, 0.3) is 0 Å². The third-order valence-corrected chi connectivity index (χ3v) is 3.56. The van der Waals surface area contributed by atoms with Crippen LogP contribution in [0.4, 0.5) is 0 Å². The summed E-state index contributed by atoms with van der Waals surface area (Å²) in [6.45, 7) is 20.8. The molecule has 2 nitrogen and oxygen atoms in total. The van der Waals surface area contributed by atoms with E-state index in [-0.39, 0.29) is 5.54 Å². The van der Waals surface area contributed by atoms with E-state index in [4.69, 9.17) is 0 Å². The Bertz CT molecular complexity index is 197. The molecule has 0 aliphatic rings. The summed E-state index contributed by atoms with van der Waals surface area (Å²) in [5.41, 5.74) is 0.279. The number of hydrogen-bond acceptors (Lipinski definition) is 2. The third kappa shape index (κ3) is 9.90. The van der Waals surface area contributed by atoms with Crippen LogP contribution in [0.1, 0.15) is 61.3 Å². The third-order valence-electron chi connectivity index (χ3n) is 3.56. The highest BCUT2D eigenvalue weighted by Crippen LogP contribution is 2.08. The lowest BCUT2D eigenvalue weighted by molar-refractivity contribution is 0.221. The van der Waals surface area contributed by atoms with E-state index >= 15 is 0 Å². The summed E-state index contributed by atoms with van der Waals surface area (Å²) in [5.74, 6) is 1.57. The smallest absolute Gasteiger partial charge is 0.0123 e. The molecule has 0 unspecified atom stereocenters. The Morgan fingerprint density at radius 3 is 2.06 bits per heavy atom. The molecule has 0 saturated carbocycles. The van der Waals surface area contributed by atoms with E-state index in [9.17, 15) is 0 Å². The minimum atomic E-state index is 0.279. The molecular weight excluding hydrogens is 220 g/mol. The lowest BCUT2D eigenvalue weighted by Gasteiger charge is -2.29. The first-order valence-corrected chi connectivity index (χ1v) is 7.74. The zero-order valence-corrected chi connectivity index (χ0v) is 13.8. The molecule has 0 saturated heterocycles.